The molecule has 0 aliphatic heterocycles. The van der Waals surface area contributed by atoms with Gasteiger partial charge in [0.2, 0.25) is 5.82 Å². The second kappa shape index (κ2) is 7.71. The summed E-state index contributed by atoms with van der Waals surface area (Å²) >= 11 is 0. The predicted molar refractivity (Wildman–Crippen MR) is 101 cm³/mol. The molecule has 0 aliphatic carbocycles. The van der Waals surface area contributed by atoms with E-state index in [1.807, 2.05) is 0 Å². The van der Waals surface area contributed by atoms with E-state index in [2.05, 4.69) is 10.1 Å². The van der Waals surface area contributed by atoms with Crippen LogP contribution in [0.1, 0.15) is 5.56 Å². The highest BCUT2D eigenvalue weighted by atomic mass is 19.4. The maximum atomic E-state index is 13.6. The molecule has 1 aromatic heterocycles. The first-order valence-electron chi connectivity index (χ1n) is 8.75. The summed E-state index contributed by atoms with van der Waals surface area (Å²) < 4.78 is 75.7. The molecule has 0 bridgehead atoms. The molecule has 0 saturated carbocycles. The lowest BCUT2D eigenvalue weighted by molar-refractivity contribution is -0.137. The number of nitrogens with two attached hydrogens (primary N) is 1. The number of ether oxygens (including phenoxy) is 1. The van der Waals surface area contributed by atoms with Crippen molar-refractivity contribution in [1.82, 2.24) is 10.1 Å². The Kier molecular flexibility index (Phi) is 5.05. The van der Waals surface area contributed by atoms with E-state index >= 15 is 0 Å². The molecule has 31 heavy (non-hydrogen) atoms. The monoisotopic (exact) mass is 433 g/mol. The van der Waals surface area contributed by atoms with Crippen molar-refractivity contribution in [2.75, 3.05) is 5.73 Å². The standard InChI is InChI=1S/C21H12F5N3O2/c22-16-9-12(10-17(23)18(16)27)20-28-19(29-31-20)11-1-5-14(6-2-11)30-15-7-3-13(4-8-15)21(24,25)26/h1-10H,27H2. The molecule has 0 fully saturated rings. The second-order valence-corrected chi connectivity index (χ2v) is 6.43. The topological polar surface area (TPSA) is 74.2 Å². The quantitative estimate of drug-likeness (QED) is 0.312. The zero-order valence-electron chi connectivity index (χ0n) is 15.5. The molecular weight excluding hydrogens is 421 g/mol. The SMILES string of the molecule is Nc1c(F)cc(-c2nc(-c3ccc(Oc4ccc(C(F)(F)F)cc4)cc3)no2)cc1F. The number of nitrogen functional groups attached to an aromatic ring is 1. The largest absolute Gasteiger partial charge is 0.457 e. The fourth-order valence-corrected chi connectivity index (χ4v) is 2.69. The van der Waals surface area contributed by atoms with Gasteiger partial charge in [-0.05, 0) is 60.7 Å². The lowest BCUT2D eigenvalue weighted by Gasteiger charge is -2.09. The minimum atomic E-state index is -4.42. The first-order valence-corrected chi connectivity index (χ1v) is 8.75. The summed E-state index contributed by atoms with van der Waals surface area (Å²) in [4.78, 5) is 4.11. The molecule has 4 rings (SSSR count). The fraction of sp³-hybridized carbons (Fsp3) is 0.0476. The summed E-state index contributed by atoms with van der Waals surface area (Å²) in [6.07, 6.45) is -4.42. The van der Waals surface area contributed by atoms with Crippen LogP contribution < -0.4 is 10.5 Å². The van der Waals surface area contributed by atoms with Gasteiger partial charge in [0.25, 0.3) is 5.89 Å². The number of aromatic nitrogens is 2. The van der Waals surface area contributed by atoms with Crippen molar-refractivity contribution >= 4 is 5.69 Å². The summed E-state index contributed by atoms with van der Waals surface area (Å²) in [7, 11) is 0. The first-order chi connectivity index (χ1) is 14.7. The van der Waals surface area contributed by atoms with E-state index in [1.165, 1.54) is 12.1 Å². The van der Waals surface area contributed by atoms with Gasteiger partial charge in [0.15, 0.2) is 0 Å². The molecule has 0 aliphatic rings. The van der Waals surface area contributed by atoms with Crippen LogP contribution in [0.25, 0.3) is 22.8 Å². The van der Waals surface area contributed by atoms with Crippen molar-refractivity contribution in [2.45, 2.75) is 6.18 Å². The molecule has 2 N–H and O–H groups in total. The molecule has 0 spiro atoms. The molecule has 158 valence electrons. The third kappa shape index (κ3) is 4.32. The van der Waals surface area contributed by atoms with Crippen molar-refractivity contribution in [2.24, 2.45) is 0 Å². The predicted octanol–water partition coefficient (Wildman–Crippen LogP) is 6.08. The van der Waals surface area contributed by atoms with Crippen molar-refractivity contribution < 1.29 is 31.2 Å². The van der Waals surface area contributed by atoms with Gasteiger partial charge in [-0.3, -0.25) is 0 Å². The smallest absolute Gasteiger partial charge is 0.416 e. The molecule has 0 unspecified atom stereocenters. The van der Waals surface area contributed by atoms with E-state index < -0.39 is 29.1 Å². The zero-order valence-corrected chi connectivity index (χ0v) is 15.5. The Balaban J connectivity index is 1.50. The van der Waals surface area contributed by atoms with Gasteiger partial charge in [0.1, 0.15) is 28.8 Å². The number of halogens is 5. The lowest BCUT2D eigenvalue weighted by Crippen LogP contribution is -2.03. The van der Waals surface area contributed by atoms with E-state index in [0.29, 0.717) is 11.3 Å². The van der Waals surface area contributed by atoms with Gasteiger partial charge in [-0.2, -0.15) is 18.2 Å². The van der Waals surface area contributed by atoms with Crippen LogP contribution in [0.5, 0.6) is 11.5 Å². The summed E-state index contributed by atoms with van der Waals surface area (Å²) in [6, 6.07) is 12.6. The Hall–Kier alpha value is -3.95. The summed E-state index contributed by atoms with van der Waals surface area (Å²) in [5, 5.41) is 3.78. The Morgan fingerprint density at radius 3 is 1.90 bits per heavy atom. The van der Waals surface area contributed by atoms with Gasteiger partial charge in [-0.25, -0.2) is 8.78 Å². The summed E-state index contributed by atoms with van der Waals surface area (Å²) in [5.74, 6) is -1.23. The molecule has 0 radical (unpaired) electrons. The molecule has 0 atom stereocenters. The Labute approximate surface area is 171 Å². The van der Waals surface area contributed by atoms with Gasteiger partial charge in [-0.15, -0.1) is 0 Å². The maximum absolute atomic E-state index is 13.6. The molecule has 1 heterocycles. The van der Waals surface area contributed by atoms with Crippen LogP contribution in [-0.2, 0) is 6.18 Å². The van der Waals surface area contributed by atoms with Gasteiger partial charge in [-0.1, -0.05) is 5.16 Å². The highest BCUT2D eigenvalue weighted by Crippen LogP contribution is 2.32. The van der Waals surface area contributed by atoms with Crippen molar-refractivity contribution in [1.29, 1.82) is 0 Å². The van der Waals surface area contributed by atoms with Crippen molar-refractivity contribution in [3.05, 3.63) is 77.9 Å². The van der Waals surface area contributed by atoms with Crippen molar-refractivity contribution in [3.8, 4) is 34.3 Å². The Morgan fingerprint density at radius 2 is 1.35 bits per heavy atom. The van der Waals surface area contributed by atoms with E-state index in [0.717, 1.165) is 24.3 Å². The van der Waals surface area contributed by atoms with E-state index in [1.54, 1.807) is 24.3 Å². The molecule has 5 nitrogen and oxygen atoms in total. The molecule has 0 amide bonds. The van der Waals surface area contributed by atoms with E-state index in [-0.39, 0.29) is 23.0 Å². The number of benzene rings is 3. The number of hydrogen-bond donors (Lipinski definition) is 1. The van der Waals surface area contributed by atoms with Gasteiger partial charge >= 0.3 is 6.18 Å². The molecule has 0 saturated heterocycles. The minimum absolute atomic E-state index is 0.0326. The zero-order chi connectivity index (χ0) is 22.2. The van der Waals surface area contributed by atoms with Gasteiger partial charge < -0.3 is 15.0 Å². The normalized spacial score (nSPS) is 11.5. The number of nitrogens with zero attached hydrogens (tertiary/aromatic N) is 2. The number of rotatable bonds is 4. The average molecular weight is 433 g/mol. The van der Waals surface area contributed by atoms with Crippen LogP contribution in [0.15, 0.2) is 65.2 Å². The molecule has 3 aromatic carbocycles. The van der Waals surface area contributed by atoms with Gasteiger partial charge in [0.05, 0.1) is 5.56 Å². The van der Waals surface area contributed by atoms with Gasteiger partial charge in [0, 0.05) is 11.1 Å². The maximum Gasteiger partial charge on any atom is 0.416 e. The molecule has 4 aromatic rings. The van der Waals surface area contributed by atoms with Crippen LogP contribution in [0, 0.1) is 11.6 Å². The van der Waals surface area contributed by atoms with Crippen LogP contribution >= 0.6 is 0 Å². The highest BCUT2D eigenvalue weighted by Gasteiger charge is 2.30. The Morgan fingerprint density at radius 1 is 0.806 bits per heavy atom. The van der Waals surface area contributed by atoms with Crippen LogP contribution in [0.2, 0.25) is 0 Å². The number of hydrogen-bond acceptors (Lipinski definition) is 5. The highest BCUT2D eigenvalue weighted by molar-refractivity contribution is 5.62. The Bertz CT molecular complexity index is 1200. The second-order valence-electron chi connectivity index (χ2n) is 6.43. The lowest BCUT2D eigenvalue weighted by atomic mass is 10.2. The minimum Gasteiger partial charge on any atom is -0.457 e. The third-order valence-corrected chi connectivity index (χ3v) is 4.28. The first kappa shape index (κ1) is 20.3. The van der Waals surface area contributed by atoms with Crippen LogP contribution in [-0.4, -0.2) is 10.1 Å². The summed E-state index contributed by atoms with van der Waals surface area (Å²) in [5.41, 5.74) is 4.42. The van der Waals surface area contributed by atoms with E-state index in [9.17, 15) is 22.0 Å². The van der Waals surface area contributed by atoms with Crippen LogP contribution in [0.4, 0.5) is 27.6 Å². The van der Waals surface area contributed by atoms with E-state index in [4.69, 9.17) is 15.0 Å². The van der Waals surface area contributed by atoms with Crippen molar-refractivity contribution in [3.63, 3.8) is 0 Å². The average Bonchev–Trinajstić information content (AvgIpc) is 3.22. The molecular formula is C21H12F5N3O2. The third-order valence-electron chi connectivity index (χ3n) is 4.28. The fourth-order valence-electron chi connectivity index (χ4n) is 2.69. The number of anilines is 1. The molecule has 10 heteroatoms. The summed E-state index contributed by atoms with van der Waals surface area (Å²) in [6.45, 7) is 0. The van der Waals surface area contributed by atoms with Crippen LogP contribution in [0.3, 0.4) is 0 Å². The number of alkyl halides is 3.